The van der Waals surface area contributed by atoms with Crippen molar-refractivity contribution in [2.24, 2.45) is 0 Å². The SMILES string of the molecule is Cc1nc(NC(C)C)cc(C(=O)NCc2ccc(Cl)cc2)n1. The van der Waals surface area contributed by atoms with Crippen molar-refractivity contribution in [3.63, 3.8) is 0 Å². The molecule has 22 heavy (non-hydrogen) atoms. The molecule has 0 spiro atoms. The Labute approximate surface area is 135 Å². The molecule has 1 aromatic carbocycles. The fourth-order valence-corrected chi connectivity index (χ4v) is 2.05. The van der Waals surface area contributed by atoms with Crippen LogP contribution in [0.4, 0.5) is 5.82 Å². The number of carbonyl (C=O) groups excluding carboxylic acids is 1. The fourth-order valence-electron chi connectivity index (χ4n) is 1.93. The summed E-state index contributed by atoms with van der Waals surface area (Å²) in [6.45, 7) is 6.21. The van der Waals surface area contributed by atoms with E-state index in [1.807, 2.05) is 26.0 Å². The van der Waals surface area contributed by atoms with Gasteiger partial charge in [-0.25, -0.2) is 9.97 Å². The highest BCUT2D eigenvalue weighted by molar-refractivity contribution is 6.30. The fraction of sp³-hybridized carbons (Fsp3) is 0.312. The summed E-state index contributed by atoms with van der Waals surface area (Å²) in [6.07, 6.45) is 0. The molecule has 0 bridgehead atoms. The van der Waals surface area contributed by atoms with E-state index in [2.05, 4.69) is 20.6 Å². The van der Waals surface area contributed by atoms with Crippen molar-refractivity contribution in [3.8, 4) is 0 Å². The number of nitrogens with zero attached hydrogens (tertiary/aromatic N) is 2. The third-order valence-corrected chi connectivity index (χ3v) is 3.13. The highest BCUT2D eigenvalue weighted by Crippen LogP contribution is 2.10. The maximum Gasteiger partial charge on any atom is 0.270 e. The first-order chi connectivity index (χ1) is 10.4. The second-order valence-electron chi connectivity index (χ2n) is 5.29. The summed E-state index contributed by atoms with van der Waals surface area (Å²) in [5.41, 5.74) is 1.33. The molecule has 0 saturated carbocycles. The van der Waals surface area contributed by atoms with Gasteiger partial charge in [0.2, 0.25) is 0 Å². The highest BCUT2D eigenvalue weighted by atomic mass is 35.5. The number of aromatic nitrogens is 2. The number of anilines is 1. The molecule has 0 aliphatic rings. The van der Waals surface area contributed by atoms with Gasteiger partial charge >= 0.3 is 0 Å². The van der Waals surface area contributed by atoms with Crippen molar-refractivity contribution in [2.75, 3.05) is 5.32 Å². The van der Waals surface area contributed by atoms with E-state index in [1.54, 1.807) is 25.1 Å². The number of hydrogen-bond acceptors (Lipinski definition) is 4. The molecule has 0 saturated heterocycles. The number of carbonyl (C=O) groups is 1. The predicted octanol–water partition coefficient (Wildman–Crippen LogP) is 3.19. The van der Waals surface area contributed by atoms with Crippen molar-refractivity contribution < 1.29 is 4.79 Å². The highest BCUT2D eigenvalue weighted by Gasteiger charge is 2.10. The van der Waals surface area contributed by atoms with Crippen LogP contribution in [0.5, 0.6) is 0 Å². The second kappa shape index (κ2) is 7.22. The molecule has 0 aliphatic carbocycles. The molecule has 0 unspecified atom stereocenters. The monoisotopic (exact) mass is 318 g/mol. The molecule has 2 aromatic rings. The Morgan fingerprint density at radius 2 is 1.91 bits per heavy atom. The molecule has 2 rings (SSSR count). The van der Waals surface area contributed by atoms with Crippen molar-refractivity contribution in [1.82, 2.24) is 15.3 Å². The summed E-state index contributed by atoms with van der Waals surface area (Å²) >= 11 is 5.84. The minimum absolute atomic E-state index is 0.229. The molecule has 0 atom stereocenters. The first-order valence-electron chi connectivity index (χ1n) is 7.09. The van der Waals surface area contributed by atoms with Crippen LogP contribution >= 0.6 is 11.6 Å². The number of benzene rings is 1. The molecule has 1 heterocycles. The summed E-state index contributed by atoms with van der Waals surface area (Å²) in [7, 11) is 0. The number of nitrogens with one attached hydrogen (secondary N) is 2. The van der Waals surface area contributed by atoms with E-state index >= 15 is 0 Å². The zero-order valence-electron chi connectivity index (χ0n) is 12.9. The van der Waals surface area contributed by atoms with Gasteiger partial charge in [0.15, 0.2) is 0 Å². The Hall–Kier alpha value is -2.14. The lowest BCUT2D eigenvalue weighted by atomic mass is 10.2. The van der Waals surface area contributed by atoms with Gasteiger partial charge in [-0.2, -0.15) is 0 Å². The number of halogens is 1. The molecule has 0 aliphatic heterocycles. The van der Waals surface area contributed by atoms with E-state index in [9.17, 15) is 4.79 Å². The van der Waals surface area contributed by atoms with E-state index in [1.165, 1.54) is 0 Å². The largest absolute Gasteiger partial charge is 0.368 e. The standard InChI is InChI=1S/C16H19ClN4O/c1-10(2)19-15-8-14(20-11(3)21-15)16(22)18-9-12-4-6-13(17)7-5-12/h4-8,10H,9H2,1-3H3,(H,18,22)(H,19,20,21). The van der Waals surface area contributed by atoms with Gasteiger partial charge in [-0.1, -0.05) is 23.7 Å². The van der Waals surface area contributed by atoms with Crippen LogP contribution in [0.25, 0.3) is 0 Å². The number of aryl methyl sites for hydroxylation is 1. The van der Waals surface area contributed by atoms with Crippen LogP contribution in [-0.4, -0.2) is 21.9 Å². The van der Waals surface area contributed by atoms with Crippen LogP contribution in [0.3, 0.4) is 0 Å². The molecular formula is C16H19ClN4O. The number of hydrogen-bond donors (Lipinski definition) is 2. The average Bonchev–Trinajstić information content (AvgIpc) is 2.45. The van der Waals surface area contributed by atoms with Crippen LogP contribution in [0.15, 0.2) is 30.3 Å². The normalized spacial score (nSPS) is 10.6. The minimum atomic E-state index is -0.229. The summed E-state index contributed by atoms with van der Waals surface area (Å²) in [6, 6.07) is 9.23. The molecule has 0 radical (unpaired) electrons. The number of rotatable bonds is 5. The van der Waals surface area contributed by atoms with Gasteiger partial charge in [0.05, 0.1) is 0 Å². The first kappa shape index (κ1) is 16.2. The lowest BCUT2D eigenvalue weighted by Gasteiger charge is -2.11. The molecule has 1 amide bonds. The van der Waals surface area contributed by atoms with Crippen LogP contribution in [0.1, 0.15) is 35.7 Å². The average molecular weight is 319 g/mol. The summed E-state index contributed by atoms with van der Waals surface area (Å²) < 4.78 is 0. The summed E-state index contributed by atoms with van der Waals surface area (Å²) in [5, 5.41) is 6.69. The Morgan fingerprint density at radius 1 is 1.23 bits per heavy atom. The Balaban J connectivity index is 2.05. The minimum Gasteiger partial charge on any atom is -0.368 e. The molecule has 6 heteroatoms. The maximum absolute atomic E-state index is 12.2. The second-order valence-corrected chi connectivity index (χ2v) is 5.73. The number of amides is 1. The Kier molecular flexibility index (Phi) is 5.33. The van der Waals surface area contributed by atoms with Crippen LogP contribution in [0, 0.1) is 6.92 Å². The third-order valence-electron chi connectivity index (χ3n) is 2.87. The lowest BCUT2D eigenvalue weighted by Crippen LogP contribution is -2.24. The molecular weight excluding hydrogens is 300 g/mol. The quantitative estimate of drug-likeness (QED) is 0.888. The summed E-state index contributed by atoms with van der Waals surface area (Å²) in [4.78, 5) is 20.7. The summed E-state index contributed by atoms with van der Waals surface area (Å²) in [5.74, 6) is 0.980. The van der Waals surface area contributed by atoms with E-state index in [0.29, 0.717) is 28.9 Å². The van der Waals surface area contributed by atoms with Crippen molar-refractivity contribution >= 4 is 23.3 Å². The van der Waals surface area contributed by atoms with E-state index in [0.717, 1.165) is 5.56 Å². The van der Waals surface area contributed by atoms with Gasteiger partial charge in [-0.15, -0.1) is 0 Å². The maximum atomic E-state index is 12.2. The van der Waals surface area contributed by atoms with Gasteiger partial charge < -0.3 is 10.6 Å². The molecule has 0 fully saturated rings. The molecule has 2 N–H and O–H groups in total. The van der Waals surface area contributed by atoms with E-state index in [-0.39, 0.29) is 11.9 Å². The van der Waals surface area contributed by atoms with Gasteiger partial charge in [0.25, 0.3) is 5.91 Å². The molecule has 116 valence electrons. The lowest BCUT2D eigenvalue weighted by molar-refractivity contribution is 0.0945. The molecule has 5 nitrogen and oxygen atoms in total. The van der Waals surface area contributed by atoms with E-state index in [4.69, 9.17) is 11.6 Å². The van der Waals surface area contributed by atoms with Gasteiger partial charge in [0.1, 0.15) is 17.3 Å². The van der Waals surface area contributed by atoms with Crippen molar-refractivity contribution in [2.45, 2.75) is 33.4 Å². The molecule has 1 aromatic heterocycles. The first-order valence-corrected chi connectivity index (χ1v) is 7.46. The van der Waals surface area contributed by atoms with Crippen molar-refractivity contribution in [3.05, 3.63) is 52.4 Å². The zero-order chi connectivity index (χ0) is 16.1. The van der Waals surface area contributed by atoms with Gasteiger partial charge in [-0.05, 0) is 38.5 Å². The smallest absolute Gasteiger partial charge is 0.270 e. The van der Waals surface area contributed by atoms with Crippen molar-refractivity contribution in [1.29, 1.82) is 0 Å². The van der Waals surface area contributed by atoms with E-state index < -0.39 is 0 Å². The van der Waals surface area contributed by atoms with Gasteiger partial charge in [-0.3, -0.25) is 4.79 Å². The van der Waals surface area contributed by atoms with Crippen LogP contribution in [0.2, 0.25) is 5.02 Å². The zero-order valence-corrected chi connectivity index (χ0v) is 13.6. The van der Waals surface area contributed by atoms with Crippen LogP contribution in [-0.2, 0) is 6.54 Å². The topological polar surface area (TPSA) is 66.9 Å². The van der Waals surface area contributed by atoms with Gasteiger partial charge in [0, 0.05) is 23.7 Å². The van der Waals surface area contributed by atoms with Crippen LogP contribution < -0.4 is 10.6 Å². The Bertz CT molecular complexity index is 656. The third kappa shape index (κ3) is 4.70. The predicted molar refractivity (Wildman–Crippen MR) is 88.1 cm³/mol. The Morgan fingerprint density at radius 3 is 2.55 bits per heavy atom.